The number of carboxylic acids is 1. The Balaban J connectivity index is 1.83. The molecule has 1 atom stereocenters. The number of amides is 2. The summed E-state index contributed by atoms with van der Waals surface area (Å²) in [5.41, 5.74) is 1.17. The molecule has 2 amide bonds. The van der Waals surface area contributed by atoms with Crippen LogP contribution in [-0.2, 0) is 16.0 Å². The lowest BCUT2D eigenvalue weighted by atomic mass is 10.1. The first-order valence-corrected chi connectivity index (χ1v) is 13.3. The average molecular weight is 527 g/mol. The highest BCUT2D eigenvalue weighted by molar-refractivity contribution is 5.96. The summed E-state index contributed by atoms with van der Waals surface area (Å²) < 4.78 is 5.44. The predicted octanol–water partition coefficient (Wildman–Crippen LogP) is 3.79. The number of benzene rings is 1. The molecule has 0 unspecified atom stereocenters. The molecule has 3 rings (SSSR count). The summed E-state index contributed by atoms with van der Waals surface area (Å²) in [5, 5.41) is 13.1. The summed E-state index contributed by atoms with van der Waals surface area (Å²) in [6.45, 7) is 10.7. The lowest BCUT2D eigenvalue weighted by molar-refractivity contribution is -0.137. The Hall–Kier alpha value is -3.89. The molecule has 1 aromatic heterocycles. The van der Waals surface area contributed by atoms with Crippen molar-refractivity contribution in [2.45, 2.75) is 59.4 Å². The molecule has 0 bridgehead atoms. The molecule has 11 nitrogen and oxygen atoms in total. The van der Waals surface area contributed by atoms with E-state index >= 15 is 0 Å². The van der Waals surface area contributed by atoms with Crippen molar-refractivity contribution in [3.8, 4) is 5.75 Å². The molecule has 2 N–H and O–H groups in total. The topological polar surface area (TPSA) is 128 Å². The third kappa shape index (κ3) is 7.11. The third-order valence-corrected chi connectivity index (χ3v) is 6.56. The molecule has 0 spiro atoms. The van der Waals surface area contributed by atoms with Gasteiger partial charge in [-0.1, -0.05) is 19.1 Å². The number of anilines is 3. The van der Waals surface area contributed by atoms with Crippen LogP contribution >= 0.6 is 0 Å². The maximum Gasteiger partial charge on any atom is 0.415 e. The highest BCUT2D eigenvalue weighted by atomic mass is 16.6. The fourth-order valence-corrected chi connectivity index (χ4v) is 4.36. The fraction of sp³-hybridized carbons (Fsp3) is 0.519. The van der Waals surface area contributed by atoms with E-state index in [4.69, 9.17) is 4.74 Å². The van der Waals surface area contributed by atoms with Crippen molar-refractivity contribution in [1.29, 1.82) is 0 Å². The highest BCUT2D eigenvalue weighted by Crippen LogP contribution is 2.27. The number of hydrogen-bond acceptors (Lipinski definition) is 8. The minimum absolute atomic E-state index is 0.110. The lowest BCUT2D eigenvalue weighted by Gasteiger charge is -2.26. The van der Waals surface area contributed by atoms with E-state index in [1.165, 1.54) is 0 Å². The maximum atomic E-state index is 12.6. The van der Waals surface area contributed by atoms with Gasteiger partial charge in [-0.05, 0) is 51.3 Å². The van der Waals surface area contributed by atoms with Crippen LogP contribution in [0.2, 0.25) is 0 Å². The number of nitrogens with zero attached hydrogens (tertiary/aromatic N) is 5. The van der Waals surface area contributed by atoms with Gasteiger partial charge in [0.25, 0.3) is 0 Å². The minimum Gasteiger partial charge on any atom is -0.480 e. The second kappa shape index (κ2) is 13.6. The van der Waals surface area contributed by atoms with Crippen molar-refractivity contribution in [1.82, 2.24) is 14.9 Å². The van der Waals surface area contributed by atoms with Gasteiger partial charge in [-0.25, -0.2) is 14.6 Å². The van der Waals surface area contributed by atoms with E-state index in [0.29, 0.717) is 56.5 Å². The number of ether oxygens (including phenoxy) is 1. The Morgan fingerprint density at radius 3 is 2.26 bits per heavy atom. The molecular weight excluding hydrogens is 488 g/mol. The molecule has 0 aliphatic carbocycles. The van der Waals surface area contributed by atoms with Crippen molar-refractivity contribution < 1.29 is 24.2 Å². The Morgan fingerprint density at radius 2 is 1.71 bits per heavy atom. The highest BCUT2D eigenvalue weighted by Gasteiger charge is 2.25. The molecule has 38 heavy (non-hydrogen) atoms. The Labute approximate surface area is 223 Å². The van der Waals surface area contributed by atoms with Crippen LogP contribution in [0.1, 0.15) is 52.5 Å². The predicted molar refractivity (Wildman–Crippen MR) is 146 cm³/mol. The number of carbonyl (C=O) groups excluding carboxylic acids is 2. The molecule has 0 saturated carbocycles. The number of aliphatic carboxylic acids is 1. The molecule has 1 saturated heterocycles. The fourth-order valence-electron chi connectivity index (χ4n) is 4.36. The molecule has 0 radical (unpaired) electrons. The molecule has 2 heterocycles. The number of aromatic nitrogens is 2. The number of carbonyl (C=O) groups is 3. The summed E-state index contributed by atoms with van der Waals surface area (Å²) >= 11 is 0. The van der Waals surface area contributed by atoms with E-state index in [9.17, 15) is 19.5 Å². The summed E-state index contributed by atoms with van der Waals surface area (Å²) in [5.74, 6) is -0.0261. The molecule has 1 aromatic carbocycles. The monoisotopic (exact) mass is 526 g/mol. The van der Waals surface area contributed by atoms with E-state index in [1.54, 1.807) is 47.2 Å². The van der Waals surface area contributed by atoms with E-state index in [2.05, 4.69) is 15.3 Å². The Kier molecular flexibility index (Phi) is 10.3. The van der Waals surface area contributed by atoms with Crippen LogP contribution in [0.3, 0.4) is 0 Å². The van der Waals surface area contributed by atoms with Gasteiger partial charge in [0, 0.05) is 45.6 Å². The van der Waals surface area contributed by atoms with Gasteiger partial charge < -0.3 is 29.9 Å². The molecule has 1 aliphatic heterocycles. The quantitative estimate of drug-likeness (QED) is 0.424. The Bertz CT molecular complexity index is 1100. The minimum atomic E-state index is -1.06. The smallest absolute Gasteiger partial charge is 0.415 e. The van der Waals surface area contributed by atoms with Crippen LogP contribution in [0.25, 0.3) is 0 Å². The van der Waals surface area contributed by atoms with Gasteiger partial charge in [-0.2, -0.15) is 4.98 Å². The summed E-state index contributed by atoms with van der Waals surface area (Å²) in [6.07, 6.45) is 3.59. The Morgan fingerprint density at radius 1 is 1.05 bits per heavy atom. The van der Waals surface area contributed by atoms with Crippen molar-refractivity contribution in [2.75, 3.05) is 47.8 Å². The van der Waals surface area contributed by atoms with Gasteiger partial charge in [0.05, 0.1) is 6.20 Å². The van der Waals surface area contributed by atoms with Gasteiger partial charge in [-0.3, -0.25) is 4.79 Å². The van der Waals surface area contributed by atoms with E-state index in [-0.39, 0.29) is 24.2 Å². The summed E-state index contributed by atoms with van der Waals surface area (Å²) in [6, 6.07) is 5.78. The maximum absolute atomic E-state index is 12.6. The van der Waals surface area contributed by atoms with Crippen LogP contribution in [0.4, 0.5) is 22.2 Å². The van der Waals surface area contributed by atoms with Crippen molar-refractivity contribution in [3.05, 3.63) is 36.0 Å². The van der Waals surface area contributed by atoms with Gasteiger partial charge in [0.15, 0.2) is 5.82 Å². The molecule has 11 heteroatoms. The van der Waals surface area contributed by atoms with Crippen LogP contribution in [0, 0.1) is 0 Å². The van der Waals surface area contributed by atoms with Gasteiger partial charge in [-0.15, -0.1) is 0 Å². The molecule has 1 fully saturated rings. The second-order valence-electron chi connectivity index (χ2n) is 9.01. The molecule has 1 aliphatic rings. The van der Waals surface area contributed by atoms with Crippen LogP contribution < -0.4 is 19.9 Å². The molecular formula is C27H38N6O5. The van der Waals surface area contributed by atoms with Crippen LogP contribution in [0.15, 0.2) is 30.5 Å². The second-order valence-corrected chi connectivity index (χ2v) is 9.01. The van der Waals surface area contributed by atoms with E-state index in [1.807, 2.05) is 25.7 Å². The molecule has 2 aromatic rings. The van der Waals surface area contributed by atoms with Crippen molar-refractivity contribution in [2.24, 2.45) is 0 Å². The third-order valence-electron chi connectivity index (χ3n) is 6.56. The largest absolute Gasteiger partial charge is 0.480 e. The first-order chi connectivity index (χ1) is 18.3. The standard InChI is InChI=1S/C27H38N6O5/c1-5-23(34)33(8-4)22-18-28-26(31(6-2)7-3)30-24(22)29-21(25(35)36)17-19-11-13-20(14-12-19)38-27(37)32-15-9-10-16-32/h11-14,18,21H,5-10,15-17H2,1-4H3,(H,35,36)(H,28,29,30)/t21-/m0/s1. The number of hydrogen-bond donors (Lipinski definition) is 2. The number of nitrogens with one attached hydrogen (secondary N) is 1. The van der Waals surface area contributed by atoms with Gasteiger partial charge in [0.1, 0.15) is 17.5 Å². The van der Waals surface area contributed by atoms with Crippen LogP contribution in [-0.4, -0.2) is 76.7 Å². The molecule has 206 valence electrons. The van der Waals surface area contributed by atoms with Crippen molar-refractivity contribution >= 4 is 35.4 Å². The zero-order valence-electron chi connectivity index (χ0n) is 22.6. The zero-order chi connectivity index (χ0) is 27.7. The average Bonchev–Trinajstić information content (AvgIpc) is 3.46. The SMILES string of the molecule is CCC(=O)N(CC)c1cnc(N(CC)CC)nc1N[C@@H](Cc1ccc(OC(=O)N2CCCC2)cc1)C(=O)O. The van der Waals surface area contributed by atoms with Crippen molar-refractivity contribution in [3.63, 3.8) is 0 Å². The normalized spacial score (nSPS) is 13.6. The van der Waals surface area contributed by atoms with Crippen LogP contribution in [0.5, 0.6) is 5.75 Å². The van der Waals surface area contributed by atoms with Gasteiger partial charge >= 0.3 is 12.1 Å². The zero-order valence-corrected chi connectivity index (χ0v) is 22.6. The van der Waals surface area contributed by atoms with E-state index < -0.39 is 12.0 Å². The van der Waals surface area contributed by atoms with Gasteiger partial charge in [0.2, 0.25) is 11.9 Å². The number of carboxylic acid groups (broad SMARTS) is 1. The lowest BCUT2D eigenvalue weighted by Crippen LogP contribution is -2.36. The number of likely N-dealkylation sites (tertiary alicyclic amines) is 1. The number of rotatable bonds is 12. The summed E-state index contributed by atoms with van der Waals surface area (Å²) in [4.78, 5) is 51.4. The summed E-state index contributed by atoms with van der Waals surface area (Å²) in [7, 11) is 0. The first-order valence-electron chi connectivity index (χ1n) is 13.3. The first kappa shape index (κ1) is 28.7. The van der Waals surface area contributed by atoms with E-state index in [0.717, 1.165) is 18.4 Å².